The number of anilines is 1. The highest BCUT2D eigenvalue weighted by molar-refractivity contribution is 7.22. The number of nitrogens with two attached hydrogens (primary N) is 1. The molecule has 130 valence electrons. The summed E-state index contributed by atoms with van der Waals surface area (Å²) in [5.41, 5.74) is 9.23. The highest BCUT2D eigenvalue weighted by Gasteiger charge is 2.13. The number of hydrogen-bond donors (Lipinski definition) is 1. The Bertz CT molecular complexity index is 1090. The van der Waals surface area contributed by atoms with Crippen LogP contribution >= 0.6 is 11.3 Å². The number of thiophene rings is 1. The number of pyridine rings is 1. The second-order valence-corrected chi connectivity index (χ2v) is 7.03. The molecule has 0 amide bonds. The number of nitrogens with zero attached hydrogens (tertiary/aromatic N) is 1. The first-order valence-electron chi connectivity index (χ1n) is 8.35. The Hall–Kier alpha value is -2.92. The molecule has 0 spiro atoms. The normalized spacial score (nSPS) is 11.0. The number of hydrogen-bond acceptors (Lipinski definition) is 4. The molecule has 0 bridgehead atoms. The van der Waals surface area contributed by atoms with E-state index in [1.807, 2.05) is 6.07 Å². The fourth-order valence-corrected chi connectivity index (χ4v) is 3.86. The summed E-state index contributed by atoms with van der Waals surface area (Å²) in [5, 5.41) is 0. The quantitative estimate of drug-likeness (QED) is 0.449. The van der Waals surface area contributed by atoms with Crippen LogP contribution in [0.3, 0.4) is 0 Å². The monoisotopic (exact) mass is 364 g/mol. The molecule has 26 heavy (non-hydrogen) atoms. The van der Waals surface area contributed by atoms with Crippen molar-refractivity contribution in [2.75, 3.05) is 5.73 Å². The van der Waals surface area contributed by atoms with Crippen LogP contribution in [0.2, 0.25) is 0 Å². The van der Waals surface area contributed by atoms with E-state index in [1.54, 1.807) is 29.7 Å². The van der Waals surface area contributed by atoms with Crippen LogP contribution < -0.4 is 10.5 Å². The molecule has 5 heteroatoms. The molecule has 2 aromatic heterocycles. The van der Waals surface area contributed by atoms with Crippen LogP contribution in [0.15, 0.2) is 60.8 Å². The van der Waals surface area contributed by atoms with Crippen molar-refractivity contribution < 1.29 is 9.13 Å². The van der Waals surface area contributed by atoms with E-state index < -0.39 is 5.82 Å². The van der Waals surface area contributed by atoms with Gasteiger partial charge in [0, 0.05) is 28.9 Å². The first-order valence-corrected chi connectivity index (χ1v) is 9.16. The zero-order chi connectivity index (χ0) is 18.1. The minimum Gasteiger partial charge on any atom is -0.453 e. The Balaban J connectivity index is 1.76. The summed E-state index contributed by atoms with van der Waals surface area (Å²) in [6, 6.07) is 16.7. The van der Waals surface area contributed by atoms with Crippen molar-refractivity contribution in [2.24, 2.45) is 0 Å². The first-order chi connectivity index (χ1) is 12.6. The molecule has 0 atom stereocenters. The van der Waals surface area contributed by atoms with E-state index in [0.717, 1.165) is 27.1 Å². The highest BCUT2D eigenvalue weighted by Crippen LogP contribution is 2.39. The number of aromatic nitrogens is 1. The molecule has 0 saturated carbocycles. The van der Waals surface area contributed by atoms with Crippen LogP contribution in [0, 0.1) is 5.82 Å². The molecule has 2 N–H and O–H groups in total. The van der Waals surface area contributed by atoms with E-state index in [-0.39, 0.29) is 5.75 Å². The molecule has 0 aliphatic carbocycles. The third-order valence-electron chi connectivity index (χ3n) is 4.17. The molecule has 3 nitrogen and oxygen atoms in total. The van der Waals surface area contributed by atoms with Crippen molar-refractivity contribution in [2.45, 2.75) is 13.3 Å². The molecule has 4 aromatic rings. The lowest BCUT2D eigenvalue weighted by atomic mass is 10.1. The summed E-state index contributed by atoms with van der Waals surface area (Å²) in [7, 11) is 0. The summed E-state index contributed by atoms with van der Waals surface area (Å²) in [6.07, 6.45) is 2.66. The maximum absolute atomic E-state index is 14.1. The number of benzene rings is 2. The summed E-state index contributed by atoms with van der Waals surface area (Å²) >= 11 is 1.59. The third-order valence-corrected chi connectivity index (χ3v) is 5.36. The van der Waals surface area contributed by atoms with Crippen LogP contribution in [-0.4, -0.2) is 4.98 Å². The number of fused-ring (bicyclic) bond motifs is 1. The van der Waals surface area contributed by atoms with Crippen LogP contribution in [0.5, 0.6) is 11.5 Å². The molecular weight excluding hydrogens is 347 g/mol. The van der Waals surface area contributed by atoms with Gasteiger partial charge >= 0.3 is 0 Å². The lowest BCUT2D eigenvalue weighted by Crippen LogP contribution is -1.91. The Morgan fingerprint density at radius 3 is 2.77 bits per heavy atom. The molecule has 2 heterocycles. The fourth-order valence-electron chi connectivity index (χ4n) is 2.80. The van der Waals surface area contributed by atoms with E-state index >= 15 is 0 Å². The largest absolute Gasteiger partial charge is 0.453 e. The average molecular weight is 364 g/mol. The van der Waals surface area contributed by atoms with Gasteiger partial charge in [-0.15, -0.1) is 11.3 Å². The van der Waals surface area contributed by atoms with Crippen molar-refractivity contribution in [3.05, 3.63) is 72.2 Å². The molecule has 0 unspecified atom stereocenters. The molecule has 0 aliphatic heterocycles. The van der Waals surface area contributed by atoms with Gasteiger partial charge in [-0.25, -0.2) is 4.39 Å². The molecule has 0 radical (unpaired) electrons. The second-order valence-electron chi connectivity index (χ2n) is 5.98. The van der Waals surface area contributed by atoms with Crippen LogP contribution in [0.4, 0.5) is 10.1 Å². The number of ether oxygens (including phenoxy) is 1. The molecule has 4 rings (SSSR count). The Morgan fingerprint density at radius 2 is 1.96 bits per heavy atom. The van der Waals surface area contributed by atoms with Crippen molar-refractivity contribution >= 4 is 27.2 Å². The van der Waals surface area contributed by atoms with Gasteiger partial charge in [0.25, 0.3) is 0 Å². The van der Waals surface area contributed by atoms with Gasteiger partial charge in [-0.2, -0.15) is 0 Å². The van der Waals surface area contributed by atoms with Gasteiger partial charge in [-0.1, -0.05) is 31.2 Å². The molecular formula is C21H17FN2OS. The Morgan fingerprint density at radius 1 is 1.08 bits per heavy atom. The summed E-state index contributed by atoms with van der Waals surface area (Å²) in [6.45, 7) is 2.14. The fraction of sp³-hybridized carbons (Fsp3) is 0.0952. The smallest absolute Gasteiger partial charge is 0.167 e. The maximum Gasteiger partial charge on any atom is 0.167 e. The zero-order valence-corrected chi connectivity index (χ0v) is 15.0. The van der Waals surface area contributed by atoms with Gasteiger partial charge < -0.3 is 10.5 Å². The number of halogens is 1. The van der Waals surface area contributed by atoms with Gasteiger partial charge in [0.15, 0.2) is 11.6 Å². The minimum absolute atomic E-state index is 0.148. The second kappa shape index (κ2) is 6.77. The topological polar surface area (TPSA) is 48.1 Å². The van der Waals surface area contributed by atoms with Crippen LogP contribution in [0.1, 0.15) is 12.5 Å². The van der Waals surface area contributed by atoms with Crippen molar-refractivity contribution in [3.63, 3.8) is 0 Å². The number of rotatable bonds is 4. The van der Waals surface area contributed by atoms with Crippen molar-refractivity contribution in [1.29, 1.82) is 0 Å². The number of nitrogen functional groups attached to an aromatic ring is 1. The van der Waals surface area contributed by atoms with Crippen LogP contribution in [-0.2, 0) is 6.42 Å². The molecule has 0 aliphatic rings. The van der Waals surface area contributed by atoms with Gasteiger partial charge in [-0.05, 0) is 35.7 Å². The Labute approximate surface area is 154 Å². The van der Waals surface area contributed by atoms with Gasteiger partial charge in [0.1, 0.15) is 5.75 Å². The summed E-state index contributed by atoms with van der Waals surface area (Å²) in [4.78, 5) is 5.53. The summed E-state index contributed by atoms with van der Waals surface area (Å²) < 4.78 is 20.8. The predicted octanol–water partition coefficient (Wildman–Crippen LogP) is 6.04. The van der Waals surface area contributed by atoms with Gasteiger partial charge in [0.05, 0.1) is 10.2 Å². The van der Waals surface area contributed by atoms with Gasteiger partial charge in [0.2, 0.25) is 0 Å². The van der Waals surface area contributed by atoms with E-state index in [9.17, 15) is 4.39 Å². The first kappa shape index (κ1) is 16.5. The molecule has 0 fully saturated rings. The van der Waals surface area contributed by atoms with E-state index in [1.165, 1.54) is 17.7 Å². The Kier molecular flexibility index (Phi) is 4.31. The van der Waals surface area contributed by atoms with E-state index in [4.69, 9.17) is 10.5 Å². The third kappa shape index (κ3) is 3.13. The molecule has 2 aromatic carbocycles. The average Bonchev–Trinajstić information content (AvgIpc) is 3.09. The predicted molar refractivity (Wildman–Crippen MR) is 105 cm³/mol. The van der Waals surface area contributed by atoms with Crippen LogP contribution in [0.25, 0.3) is 20.7 Å². The lowest BCUT2D eigenvalue weighted by Gasteiger charge is -2.07. The number of aryl methyl sites for hydroxylation is 1. The van der Waals surface area contributed by atoms with Gasteiger partial charge in [-0.3, -0.25) is 4.98 Å². The zero-order valence-electron chi connectivity index (χ0n) is 14.2. The standard InChI is InChI=1S/C21H17FN2OS/c1-2-13-4-3-5-14(10-13)20-12-17-21(26-20)19(8-9-24-17)25-18-7-6-15(23)11-16(18)22/h3-12H,2,23H2,1H3. The maximum atomic E-state index is 14.1. The van der Waals surface area contributed by atoms with E-state index in [0.29, 0.717) is 11.4 Å². The van der Waals surface area contributed by atoms with Crippen molar-refractivity contribution in [1.82, 2.24) is 4.98 Å². The van der Waals surface area contributed by atoms with Crippen molar-refractivity contribution in [3.8, 4) is 21.9 Å². The van der Waals surface area contributed by atoms with E-state index in [2.05, 4.69) is 36.2 Å². The molecule has 0 saturated heterocycles. The highest BCUT2D eigenvalue weighted by atomic mass is 32.1. The minimum atomic E-state index is -0.484. The summed E-state index contributed by atoms with van der Waals surface area (Å²) in [5.74, 6) is 0.249. The SMILES string of the molecule is CCc1cccc(-c2cc3nccc(Oc4ccc(N)cc4F)c3s2)c1. The lowest BCUT2D eigenvalue weighted by molar-refractivity contribution is 0.447.